The van der Waals surface area contributed by atoms with E-state index < -0.39 is 0 Å². The van der Waals surface area contributed by atoms with Gasteiger partial charge in [-0.15, -0.1) is 0 Å². The summed E-state index contributed by atoms with van der Waals surface area (Å²) in [7, 11) is 0. The molecule has 1 amide bonds. The van der Waals surface area contributed by atoms with Crippen LogP contribution in [0.25, 0.3) is 0 Å². The Balaban J connectivity index is 1.85. The van der Waals surface area contributed by atoms with Crippen LogP contribution >= 0.6 is 0 Å². The average molecular weight is 255 g/mol. The smallest absolute Gasteiger partial charge is 0.248 e. The highest BCUT2D eigenvalue weighted by molar-refractivity contribution is 5.78. The molecule has 5 heteroatoms. The molecule has 2 aliphatic rings. The maximum Gasteiger partial charge on any atom is 0.248 e. The van der Waals surface area contributed by atoms with Gasteiger partial charge in [-0.2, -0.15) is 0 Å². The maximum atomic E-state index is 11.9. The Morgan fingerprint density at radius 2 is 2.11 bits per heavy atom. The van der Waals surface area contributed by atoms with E-state index in [9.17, 15) is 4.79 Å². The Labute approximate surface area is 109 Å². The lowest BCUT2D eigenvalue weighted by atomic mass is 9.95. The fourth-order valence-electron chi connectivity index (χ4n) is 2.87. The molecule has 2 fully saturated rings. The summed E-state index contributed by atoms with van der Waals surface area (Å²) in [6.45, 7) is 7.84. The molecule has 1 atom stereocenters. The van der Waals surface area contributed by atoms with E-state index in [0.717, 1.165) is 26.2 Å². The first-order valence-electron chi connectivity index (χ1n) is 7.04. The topological polar surface area (TPSA) is 58.8 Å². The van der Waals surface area contributed by atoms with Gasteiger partial charge in [0.05, 0.1) is 12.6 Å². The fraction of sp³-hybridized carbons (Fsp3) is 0.923. The van der Waals surface area contributed by atoms with E-state index in [1.165, 1.54) is 12.8 Å². The van der Waals surface area contributed by atoms with Crippen LogP contribution in [0.5, 0.6) is 0 Å². The highest BCUT2D eigenvalue weighted by atomic mass is 16.5. The Bertz CT molecular complexity index is 277. The molecule has 0 aromatic heterocycles. The van der Waals surface area contributed by atoms with Crippen molar-refractivity contribution < 1.29 is 9.53 Å². The number of ether oxygens (including phenoxy) is 1. The normalized spacial score (nSPS) is 27.8. The third-order valence-corrected chi connectivity index (χ3v) is 4.18. The largest absolute Gasteiger partial charge is 0.369 e. The minimum atomic E-state index is 0.0791. The number of rotatable bonds is 4. The highest BCUT2D eigenvalue weighted by Gasteiger charge is 2.30. The van der Waals surface area contributed by atoms with Gasteiger partial charge in [-0.05, 0) is 38.4 Å². The van der Waals surface area contributed by atoms with E-state index in [-0.39, 0.29) is 18.6 Å². The van der Waals surface area contributed by atoms with Crippen LogP contribution in [0.1, 0.15) is 19.8 Å². The molecule has 2 aliphatic heterocycles. The van der Waals surface area contributed by atoms with Crippen molar-refractivity contribution in [1.82, 2.24) is 9.80 Å². The molecule has 2 N–H and O–H groups in total. The van der Waals surface area contributed by atoms with E-state index in [0.29, 0.717) is 19.1 Å². The van der Waals surface area contributed by atoms with Gasteiger partial charge < -0.3 is 20.3 Å². The second-order valence-corrected chi connectivity index (χ2v) is 5.33. The zero-order valence-electron chi connectivity index (χ0n) is 11.3. The van der Waals surface area contributed by atoms with Crippen molar-refractivity contribution in [2.24, 2.45) is 11.7 Å². The summed E-state index contributed by atoms with van der Waals surface area (Å²) in [6, 6.07) is 0.0791. The summed E-state index contributed by atoms with van der Waals surface area (Å²) >= 11 is 0. The number of carbonyl (C=O) groups excluding carboxylic acids is 1. The number of morpholine rings is 1. The van der Waals surface area contributed by atoms with Gasteiger partial charge in [0.15, 0.2) is 0 Å². The monoisotopic (exact) mass is 255 g/mol. The predicted molar refractivity (Wildman–Crippen MR) is 70.2 cm³/mol. The lowest BCUT2D eigenvalue weighted by Gasteiger charge is -2.39. The molecule has 0 aromatic rings. The molecular formula is C13H25N3O2. The van der Waals surface area contributed by atoms with Crippen LogP contribution in [-0.4, -0.2) is 67.7 Å². The molecule has 2 rings (SSSR count). The van der Waals surface area contributed by atoms with Gasteiger partial charge >= 0.3 is 0 Å². The molecule has 1 unspecified atom stereocenters. The Morgan fingerprint density at radius 3 is 2.72 bits per heavy atom. The van der Waals surface area contributed by atoms with Crippen molar-refractivity contribution >= 4 is 5.91 Å². The van der Waals surface area contributed by atoms with Gasteiger partial charge in [0.1, 0.15) is 6.61 Å². The van der Waals surface area contributed by atoms with Gasteiger partial charge in [-0.25, -0.2) is 0 Å². The van der Waals surface area contributed by atoms with Crippen LogP contribution in [0.15, 0.2) is 0 Å². The van der Waals surface area contributed by atoms with Crippen molar-refractivity contribution in [3.05, 3.63) is 0 Å². The SMILES string of the molecule is CCN1CCC(CN2C(=O)COCC2CN)CC1. The van der Waals surface area contributed by atoms with E-state index in [4.69, 9.17) is 10.5 Å². The fourth-order valence-corrected chi connectivity index (χ4v) is 2.87. The van der Waals surface area contributed by atoms with E-state index in [1.54, 1.807) is 0 Å². The Kier molecular flexibility index (Phi) is 4.97. The van der Waals surface area contributed by atoms with Crippen molar-refractivity contribution in [2.75, 3.05) is 45.9 Å². The van der Waals surface area contributed by atoms with Crippen LogP contribution in [0.4, 0.5) is 0 Å². The van der Waals surface area contributed by atoms with Gasteiger partial charge in [-0.1, -0.05) is 6.92 Å². The second kappa shape index (κ2) is 6.50. The summed E-state index contributed by atoms with van der Waals surface area (Å²) in [4.78, 5) is 16.3. The maximum absolute atomic E-state index is 11.9. The summed E-state index contributed by atoms with van der Waals surface area (Å²) in [6.07, 6.45) is 2.38. The van der Waals surface area contributed by atoms with E-state index in [2.05, 4.69) is 11.8 Å². The van der Waals surface area contributed by atoms with E-state index >= 15 is 0 Å². The number of piperidine rings is 1. The van der Waals surface area contributed by atoms with Crippen LogP contribution in [0.2, 0.25) is 0 Å². The van der Waals surface area contributed by atoms with Crippen LogP contribution in [0.3, 0.4) is 0 Å². The first-order chi connectivity index (χ1) is 8.74. The van der Waals surface area contributed by atoms with Crippen molar-refractivity contribution in [2.45, 2.75) is 25.8 Å². The van der Waals surface area contributed by atoms with Crippen molar-refractivity contribution in [3.8, 4) is 0 Å². The van der Waals surface area contributed by atoms with Gasteiger partial charge in [0, 0.05) is 13.1 Å². The molecule has 2 heterocycles. The van der Waals surface area contributed by atoms with Crippen LogP contribution in [-0.2, 0) is 9.53 Å². The molecule has 0 radical (unpaired) electrons. The van der Waals surface area contributed by atoms with Crippen LogP contribution < -0.4 is 5.73 Å². The van der Waals surface area contributed by atoms with Gasteiger partial charge in [-0.3, -0.25) is 4.79 Å². The molecule has 0 aliphatic carbocycles. The molecule has 0 aromatic carbocycles. The number of amides is 1. The number of nitrogens with two attached hydrogens (primary N) is 1. The van der Waals surface area contributed by atoms with Crippen molar-refractivity contribution in [1.29, 1.82) is 0 Å². The van der Waals surface area contributed by atoms with Gasteiger partial charge in [0.2, 0.25) is 5.91 Å². The second-order valence-electron chi connectivity index (χ2n) is 5.33. The van der Waals surface area contributed by atoms with Crippen LogP contribution in [0, 0.1) is 5.92 Å². The lowest BCUT2D eigenvalue weighted by Crippen LogP contribution is -2.54. The number of nitrogens with zero attached hydrogens (tertiary/aromatic N) is 2. The zero-order valence-corrected chi connectivity index (χ0v) is 11.3. The zero-order chi connectivity index (χ0) is 13.0. The standard InChI is InChI=1S/C13H25N3O2/c1-2-15-5-3-11(4-6-15)8-16-12(7-14)9-18-10-13(16)17/h11-12H,2-10,14H2,1H3. The van der Waals surface area contributed by atoms with Gasteiger partial charge in [0.25, 0.3) is 0 Å². The highest BCUT2D eigenvalue weighted by Crippen LogP contribution is 2.20. The minimum absolute atomic E-state index is 0.0791. The predicted octanol–water partition coefficient (Wildman–Crippen LogP) is -0.0956. The molecule has 0 spiro atoms. The molecule has 0 saturated carbocycles. The first-order valence-corrected chi connectivity index (χ1v) is 7.04. The summed E-state index contributed by atoms with van der Waals surface area (Å²) in [5, 5.41) is 0. The minimum Gasteiger partial charge on any atom is -0.369 e. The third-order valence-electron chi connectivity index (χ3n) is 4.18. The summed E-state index contributed by atoms with van der Waals surface area (Å²) in [5.74, 6) is 0.735. The molecule has 5 nitrogen and oxygen atoms in total. The molecule has 0 bridgehead atoms. The van der Waals surface area contributed by atoms with E-state index in [1.807, 2.05) is 4.90 Å². The Hall–Kier alpha value is -0.650. The number of hydrogen-bond donors (Lipinski definition) is 1. The summed E-state index contributed by atoms with van der Waals surface area (Å²) in [5.41, 5.74) is 5.72. The first kappa shape index (κ1) is 13.8. The average Bonchev–Trinajstić information content (AvgIpc) is 2.42. The quantitative estimate of drug-likeness (QED) is 0.762. The lowest BCUT2D eigenvalue weighted by molar-refractivity contribution is -0.148. The molecule has 2 saturated heterocycles. The number of carbonyl (C=O) groups is 1. The van der Waals surface area contributed by atoms with Crippen molar-refractivity contribution in [3.63, 3.8) is 0 Å². The molecule has 18 heavy (non-hydrogen) atoms. The molecular weight excluding hydrogens is 230 g/mol. The summed E-state index contributed by atoms with van der Waals surface area (Å²) < 4.78 is 5.26. The number of hydrogen-bond acceptors (Lipinski definition) is 4. The Morgan fingerprint density at radius 1 is 1.39 bits per heavy atom. The molecule has 104 valence electrons. The number of likely N-dealkylation sites (tertiary alicyclic amines) is 1. The third kappa shape index (κ3) is 3.22.